The second-order valence-electron chi connectivity index (χ2n) is 7.56. The molecule has 1 N–H and O–H groups in total. The van der Waals surface area contributed by atoms with E-state index in [4.69, 9.17) is 0 Å². The molecule has 0 aliphatic carbocycles. The van der Waals surface area contributed by atoms with Crippen molar-refractivity contribution in [3.63, 3.8) is 0 Å². The van der Waals surface area contributed by atoms with Crippen molar-refractivity contribution in [2.45, 2.75) is 37.5 Å². The van der Waals surface area contributed by atoms with Gasteiger partial charge in [-0.15, -0.1) is 0 Å². The molecule has 0 saturated carbocycles. The molecule has 5 nitrogen and oxygen atoms in total. The molecule has 2 aromatic carbocycles. The summed E-state index contributed by atoms with van der Waals surface area (Å²) < 4.78 is 41.2. The van der Waals surface area contributed by atoms with Gasteiger partial charge in [-0.1, -0.05) is 44.2 Å². The first kappa shape index (κ1) is 21.0. The molecule has 0 fully saturated rings. The zero-order chi connectivity index (χ0) is 21.0. The Labute approximate surface area is 170 Å². The first-order valence-electron chi connectivity index (χ1n) is 9.58. The molecule has 0 bridgehead atoms. The van der Waals surface area contributed by atoms with E-state index < -0.39 is 15.7 Å². The second-order valence-corrected chi connectivity index (χ2v) is 9.52. The van der Waals surface area contributed by atoms with Gasteiger partial charge in [-0.05, 0) is 36.1 Å². The molecule has 1 heterocycles. The molecule has 0 unspecified atom stereocenters. The maximum absolute atomic E-state index is 13.5. The number of carbonyl (C=O) groups excluding carboxylic acids is 1. The van der Waals surface area contributed by atoms with E-state index in [1.807, 2.05) is 0 Å². The number of nitrogens with one attached hydrogen (secondary N) is 1. The molecule has 0 aliphatic heterocycles. The number of aromatic nitrogens is 1. The quantitative estimate of drug-likeness (QED) is 0.605. The van der Waals surface area contributed by atoms with Crippen LogP contribution < -0.4 is 5.32 Å². The van der Waals surface area contributed by atoms with Crippen LogP contribution in [-0.4, -0.2) is 25.4 Å². The Morgan fingerprint density at radius 1 is 1.14 bits per heavy atom. The number of benzene rings is 2. The summed E-state index contributed by atoms with van der Waals surface area (Å²) in [6.45, 7) is 4.79. The predicted octanol–water partition coefficient (Wildman–Crippen LogP) is 3.92. The lowest BCUT2D eigenvalue weighted by Crippen LogP contribution is -2.28. The molecule has 0 aliphatic rings. The fourth-order valence-corrected chi connectivity index (χ4v) is 4.80. The lowest BCUT2D eigenvalue weighted by molar-refractivity contribution is -0.121. The van der Waals surface area contributed by atoms with Crippen LogP contribution in [0.5, 0.6) is 0 Å². The third-order valence-corrected chi connectivity index (χ3v) is 6.40. The summed E-state index contributed by atoms with van der Waals surface area (Å²) in [4.78, 5) is 12.4. The molecular weight excluding hydrogens is 391 g/mol. The number of halogens is 1. The van der Waals surface area contributed by atoms with E-state index in [-0.39, 0.29) is 23.1 Å². The third-order valence-electron chi connectivity index (χ3n) is 4.69. The van der Waals surface area contributed by atoms with Gasteiger partial charge in [0.2, 0.25) is 5.91 Å². The number of fused-ring (bicyclic) bond motifs is 1. The highest BCUT2D eigenvalue weighted by Gasteiger charge is 2.22. The predicted molar refractivity (Wildman–Crippen MR) is 112 cm³/mol. The van der Waals surface area contributed by atoms with E-state index >= 15 is 0 Å². The standard InChI is InChI=1S/C22H25FN2O3S/c1-16(2)10-11-24-22(26)14-25-13-21(19-8-3-4-9-20(19)25)29(27,28)15-17-6-5-7-18(23)12-17/h3-9,12-13,16H,10-11,14-15H2,1-2H3,(H,24,26). The van der Waals surface area contributed by atoms with Crippen LogP contribution in [0.2, 0.25) is 0 Å². The average molecular weight is 417 g/mol. The number of amides is 1. The molecular formula is C22H25FN2O3S. The maximum Gasteiger partial charge on any atom is 0.239 e. The largest absolute Gasteiger partial charge is 0.355 e. The van der Waals surface area contributed by atoms with Crippen LogP contribution in [0.25, 0.3) is 10.9 Å². The van der Waals surface area contributed by atoms with Crippen LogP contribution in [0.15, 0.2) is 59.6 Å². The smallest absolute Gasteiger partial charge is 0.239 e. The summed E-state index contributed by atoms with van der Waals surface area (Å²) in [5.41, 5.74) is 1.05. The zero-order valence-corrected chi connectivity index (χ0v) is 17.4. The summed E-state index contributed by atoms with van der Waals surface area (Å²) >= 11 is 0. The van der Waals surface area contributed by atoms with E-state index in [9.17, 15) is 17.6 Å². The van der Waals surface area contributed by atoms with E-state index in [1.54, 1.807) is 34.9 Å². The molecule has 1 amide bonds. The Hall–Kier alpha value is -2.67. The van der Waals surface area contributed by atoms with Gasteiger partial charge < -0.3 is 9.88 Å². The maximum atomic E-state index is 13.5. The fraction of sp³-hybridized carbons (Fsp3) is 0.318. The number of carbonyl (C=O) groups is 1. The highest BCUT2D eigenvalue weighted by molar-refractivity contribution is 7.90. The number of hydrogen-bond acceptors (Lipinski definition) is 3. The topological polar surface area (TPSA) is 68.2 Å². The lowest BCUT2D eigenvalue weighted by atomic mass is 10.1. The van der Waals surface area contributed by atoms with E-state index in [2.05, 4.69) is 19.2 Å². The molecule has 3 rings (SSSR count). The van der Waals surface area contributed by atoms with Gasteiger partial charge in [-0.25, -0.2) is 12.8 Å². The minimum absolute atomic E-state index is 0.0358. The normalized spacial score (nSPS) is 11.9. The first-order valence-corrected chi connectivity index (χ1v) is 11.2. The number of para-hydroxylation sites is 1. The van der Waals surface area contributed by atoms with Crippen LogP contribution in [0.4, 0.5) is 4.39 Å². The van der Waals surface area contributed by atoms with Crippen molar-refractivity contribution in [2.24, 2.45) is 5.92 Å². The number of rotatable bonds is 8. The number of hydrogen-bond donors (Lipinski definition) is 1. The lowest BCUT2D eigenvalue weighted by Gasteiger charge is -2.08. The minimum atomic E-state index is -3.72. The van der Waals surface area contributed by atoms with Crippen LogP contribution in [0.3, 0.4) is 0 Å². The van der Waals surface area contributed by atoms with Crippen molar-refractivity contribution < 1.29 is 17.6 Å². The van der Waals surface area contributed by atoms with Gasteiger partial charge >= 0.3 is 0 Å². The van der Waals surface area contributed by atoms with E-state index in [0.29, 0.717) is 28.9 Å². The molecule has 7 heteroatoms. The summed E-state index contributed by atoms with van der Waals surface area (Å²) in [5, 5.41) is 3.42. The SMILES string of the molecule is CC(C)CCNC(=O)Cn1cc(S(=O)(=O)Cc2cccc(F)c2)c2ccccc21. The molecule has 29 heavy (non-hydrogen) atoms. The molecule has 154 valence electrons. The minimum Gasteiger partial charge on any atom is -0.355 e. The van der Waals surface area contributed by atoms with Gasteiger partial charge in [0.15, 0.2) is 9.84 Å². The Morgan fingerprint density at radius 3 is 2.62 bits per heavy atom. The van der Waals surface area contributed by atoms with Gasteiger partial charge in [-0.2, -0.15) is 0 Å². The highest BCUT2D eigenvalue weighted by Crippen LogP contribution is 2.28. The van der Waals surface area contributed by atoms with Crippen molar-refractivity contribution in [3.05, 3.63) is 66.1 Å². The molecule has 1 aromatic heterocycles. The van der Waals surface area contributed by atoms with Crippen molar-refractivity contribution in [2.75, 3.05) is 6.54 Å². The Bertz CT molecular complexity index is 1120. The van der Waals surface area contributed by atoms with Gasteiger partial charge in [0.25, 0.3) is 0 Å². The summed E-state index contributed by atoms with van der Waals surface area (Å²) in [7, 11) is -3.72. The number of sulfone groups is 1. The third kappa shape index (κ3) is 5.23. The van der Waals surface area contributed by atoms with Crippen LogP contribution in [0.1, 0.15) is 25.8 Å². The summed E-state index contributed by atoms with van der Waals surface area (Å²) in [6.07, 6.45) is 2.38. The van der Waals surface area contributed by atoms with Crippen molar-refractivity contribution >= 4 is 26.6 Å². The van der Waals surface area contributed by atoms with Crippen LogP contribution >= 0.6 is 0 Å². The Morgan fingerprint density at radius 2 is 1.90 bits per heavy atom. The Kier molecular flexibility index (Phi) is 6.37. The number of nitrogens with zero attached hydrogens (tertiary/aromatic N) is 1. The fourth-order valence-electron chi connectivity index (χ4n) is 3.23. The van der Waals surface area contributed by atoms with Crippen molar-refractivity contribution in [1.82, 2.24) is 9.88 Å². The van der Waals surface area contributed by atoms with Gasteiger partial charge in [0.1, 0.15) is 12.4 Å². The molecule has 0 saturated heterocycles. The molecule has 0 atom stereocenters. The first-order chi connectivity index (χ1) is 13.8. The summed E-state index contributed by atoms with van der Waals surface area (Å²) in [6, 6.07) is 12.7. The Balaban J connectivity index is 1.88. The van der Waals surface area contributed by atoms with Crippen LogP contribution in [-0.2, 0) is 26.9 Å². The van der Waals surface area contributed by atoms with Crippen LogP contribution in [0, 0.1) is 11.7 Å². The second kappa shape index (κ2) is 8.78. The van der Waals surface area contributed by atoms with E-state index in [1.165, 1.54) is 24.4 Å². The molecule has 0 radical (unpaired) electrons. The molecule has 3 aromatic rings. The van der Waals surface area contributed by atoms with Gasteiger partial charge in [0.05, 0.1) is 10.6 Å². The highest BCUT2D eigenvalue weighted by atomic mass is 32.2. The van der Waals surface area contributed by atoms with Gasteiger partial charge in [0, 0.05) is 23.6 Å². The van der Waals surface area contributed by atoms with Crippen molar-refractivity contribution in [1.29, 1.82) is 0 Å². The van der Waals surface area contributed by atoms with Gasteiger partial charge in [-0.3, -0.25) is 4.79 Å². The zero-order valence-electron chi connectivity index (χ0n) is 16.6. The average Bonchev–Trinajstić information content (AvgIpc) is 3.01. The van der Waals surface area contributed by atoms with Crippen molar-refractivity contribution in [3.8, 4) is 0 Å². The monoisotopic (exact) mass is 416 g/mol. The molecule has 0 spiro atoms. The summed E-state index contributed by atoms with van der Waals surface area (Å²) in [5.74, 6) is -0.458. The van der Waals surface area contributed by atoms with E-state index in [0.717, 1.165) is 6.42 Å².